The monoisotopic (exact) mass is 441 g/mol. The molecule has 5 aromatic rings. The van der Waals surface area contributed by atoms with Gasteiger partial charge in [0.05, 0.1) is 17.6 Å². The maximum atomic E-state index is 13.7. The maximum Gasteiger partial charge on any atom is 0.265 e. The van der Waals surface area contributed by atoms with Crippen LogP contribution in [0.2, 0.25) is 0 Å². The molecule has 0 N–H and O–H groups in total. The van der Waals surface area contributed by atoms with Crippen molar-refractivity contribution in [3.8, 4) is 11.4 Å². The molecule has 0 spiro atoms. The molecule has 0 saturated carbocycles. The predicted molar refractivity (Wildman–Crippen MR) is 131 cm³/mol. The fraction of sp³-hybridized carbons (Fsp3) is 0.308. The van der Waals surface area contributed by atoms with Crippen molar-refractivity contribution < 1.29 is 4.74 Å². The Morgan fingerprint density at radius 2 is 1.61 bits per heavy atom. The lowest BCUT2D eigenvalue weighted by Gasteiger charge is -2.11. The summed E-state index contributed by atoms with van der Waals surface area (Å²) in [5, 5.41) is 0.513. The number of para-hydroxylation sites is 2. The van der Waals surface area contributed by atoms with Gasteiger partial charge in [-0.2, -0.15) is 0 Å². The van der Waals surface area contributed by atoms with Crippen LogP contribution in [0.3, 0.4) is 0 Å². The molecule has 5 rings (SSSR count). The second kappa shape index (κ2) is 8.65. The Bertz CT molecular complexity index is 1520. The van der Waals surface area contributed by atoms with Gasteiger partial charge in [0.15, 0.2) is 11.3 Å². The standard InChI is InChI=1S/C26H27N5O2/c1-4-6-9-16-30-17(3)27-24-22(26(30)32)23-25(29-21-11-8-7-10-20(21)28-23)31(24)18-12-14-19(15-13-18)33-5-2/h7-8,10-15H,4-6,9,16H2,1-3H3. The van der Waals surface area contributed by atoms with Crippen molar-refractivity contribution in [1.82, 2.24) is 24.1 Å². The van der Waals surface area contributed by atoms with Crippen LogP contribution in [0.25, 0.3) is 38.9 Å². The number of aromatic nitrogens is 5. The van der Waals surface area contributed by atoms with E-state index in [4.69, 9.17) is 19.7 Å². The predicted octanol–water partition coefficient (Wildman–Crippen LogP) is 5.18. The average Bonchev–Trinajstić information content (AvgIpc) is 3.13. The Labute approximate surface area is 191 Å². The van der Waals surface area contributed by atoms with Crippen molar-refractivity contribution in [2.45, 2.75) is 46.6 Å². The summed E-state index contributed by atoms with van der Waals surface area (Å²) in [7, 11) is 0. The number of aryl methyl sites for hydroxylation is 1. The third-order valence-corrected chi connectivity index (χ3v) is 5.94. The largest absolute Gasteiger partial charge is 0.494 e. The van der Waals surface area contributed by atoms with Gasteiger partial charge in [-0.25, -0.2) is 15.0 Å². The first kappa shape index (κ1) is 21.1. The number of fused-ring (bicyclic) bond motifs is 4. The van der Waals surface area contributed by atoms with Crippen LogP contribution < -0.4 is 10.3 Å². The molecule has 0 aliphatic rings. The normalized spacial score (nSPS) is 11.6. The second-order valence-electron chi connectivity index (χ2n) is 8.17. The highest BCUT2D eigenvalue weighted by Crippen LogP contribution is 2.29. The quantitative estimate of drug-likeness (QED) is 0.325. The highest BCUT2D eigenvalue weighted by Gasteiger charge is 2.22. The summed E-state index contributed by atoms with van der Waals surface area (Å²) in [5.41, 5.74) is 4.13. The molecular formula is C26H27N5O2. The van der Waals surface area contributed by atoms with Gasteiger partial charge in [-0.1, -0.05) is 31.9 Å². The van der Waals surface area contributed by atoms with Crippen LogP contribution in [-0.4, -0.2) is 30.7 Å². The first-order valence-corrected chi connectivity index (χ1v) is 11.5. The smallest absolute Gasteiger partial charge is 0.265 e. The Morgan fingerprint density at radius 1 is 0.879 bits per heavy atom. The summed E-state index contributed by atoms with van der Waals surface area (Å²) in [5.74, 6) is 1.49. The van der Waals surface area contributed by atoms with Crippen molar-refractivity contribution in [2.75, 3.05) is 6.61 Å². The molecule has 3 heterocycles. The van der Waals surface area contributed by atoms with Gasteiger partial charge in [0.25, 0.3) is 5.56 Å². The summed E-state index contributed by atoms with van der Waals surface area (Å²) >= 11 is 0. The molecule has 7 nitrogen and oxygen atoms in total. The molecule has 33 heavy (non-hydrogen) atoms. The molecule has 0 radical (unpaired) electrons. The molecule has 0 atom stereocenters. The molecule has 0 bridgehead atoms. The lowest BCUT2D eigenvalue weighted by molar-refractivity contribution is 0.340. The van der Waals surface area contributed by atoms with Crippen molar-refractivity contribution in [3.05, 3.63) is 64.7 Å². The molecule has 0 unspecified atom stereocenters. The number of hydrogen-bond donors (Lipinski definition) is 0. The van der Waals surface area contributed by atoms with E-state index in [1.807, 2.05) is 66.9 Å². The first-order valence-electron chi connectivity index (χ1n) is 11.5. The molecule has 2 aromatic carbocycles. The number of hydrogen-bond acceptors (Lipinski definition) is 5. The maximum absolute atomic E-state index is 13.7. The zero-order valence-electron chi connectivity index (χ0n) is 19.2. The van der Waals surface area contributed by atoms with Gasteiger partial charge in [0.2, 0.25) is 0 Å². The van der Waals surface area contributed by atoms with E-state index in [-0.39, 0.29) is 5.56 Å². The molecule has 168 valence electrons. The third-order valence-electron chi connectivity index (χ3n) is 5.94. The lowest BCUT2D eigenvalue weighted by atomic mass is 10.2. The zero-order chi connectivity index (χ0) is 22.9. The molecule has 0 aliphatic carbocycles. The summed E-state index contributed by atoms with van der Waals surface area (Å²) in [4.78, 5) is 28.4. The van der Waals surface area contributed by atoms with Crippen LogP contribution in [0.4, 0.5) is 0 Å². The van der Waals surface area contributed by atoms with Gasteiger partial charge in [-0.15, -0.1) is 0 Å². The van der Waals surface area contributed by atoms with Crippen LogP contribution in [0, 0.1) is 6.92 Å². The van der Waals surface area contributed by atoms with Crippen molar-refractivity contribution >= 4 is 33.2 Å². The van der Waals surface area contributed by atoms with Crippen molar-refractivity contribution in [3.63, 3.8) is 0 Å². The average molecular weight is 442 g/mol. The van der Waals surface area contributed by atoms with E-state index in [0.717, 1.165) is 41.7 Å². The lowest BCUT2D eigenvalue weighted by Crippen LogP contribution is -2.24. The summed E-state index contributed by atoms with van der Waals surface area (Å²) in [6.07, 6.45) is 3.11. The number of unbranched alkanes of at least 4 members (excludes halogenated alkanes) is 2. The minimum atomic E-state index is -0.0622. The summed E-state index contributed by atoms with van der Waals surface area (Å²) in [6.45, 7) is 7.26. The van der Waals surface area contributed by atoms with Gasteiger partial charge >= 0.3 is 0 Å². The summed E-state index contributed by atoms with van der Waals surface area (Å²) in [6, 6.07) is 15.5. The fourth-order valence-corrected chi connectivity index (χ4v) is 4.32. The Balaban J connectivity index is 1.83. The van der Waals surface area contributed by atoms with E-state index in [9.17, 15) is 4.79 Å². The van der Waals surface area contributed by atoms with Crippen molar-refractivity contribution in [2.24, 2.45) is 0 Å². The van der Waals surface area contributed by atoms with Gasteiger partial charge in [-0.3, -0.25) is 13.9 Å². The molecule has 0 saturated heterocycles. The highest BCUT2D eigenvalue weighted by atomic mass is 16.5. The summed E-state index contributed by atoms with van der Waals surface area (Å²) < 4.78 is 9.32. The van der Waals surface area contributed by atoms with E-state index < -0.39 is 0 Å². The van der Waals surface area contributed by atoms with Crippen LogP contribution in [0.5, 0.6) is 5.75 Å². The van der Waals surface area contributed by atoms with Crippen molar-refractivity contribution in [1.29, 1.82) is 0 Å². The molecule has 3 aromatic heterocycles. The van der Waals surface area contributed by atoms with Crippen LogP contribution in [0.15, 0.2) is 53.3 Å². The van der Waals surface area contributed by atoms with E-state index in [1.54, 1.807) is 4.57 Å². The topological polar surface area (TPSA) is 74.8 Å². The van der Waals surface area contributed by atoms with Gasteiger partial charge in [0, 0.05) is 12.2 Å². The first-order chi connectivity index (χ1) is 16.1. The molecule has 0 amide bonds. The molecular weight excluding hydrogens is 414 g/mol. The number of rotatable bonds is 7. The minimum absolute atomic E-state index is 0.0622. The number of ether oxygens (including phenoxy) is 1. The Hall–Kier alpha value is -3.74. The molecule has 0 fully saturated rings. The van der Waals surface area contributed by atoms with Crippen LogP contribution in [0.1, 0.15) is 38.9 Å². The minimum Gasteiger partial charge on any atom is -0.494 e. The van der Waals surface area contributed by atoms with E-state index in [0.29, 0.717) is 41.2 Å². The van der Waals surface area contributed by atoms with Gasteiger partial charge < -0.3 is 4.74 Å². The Morgan fingerprint density at radius 3 is 2.30 bits per heavy atom. The van der Waals surface area contributed by atoms with Gasteiger partial charge in [-0.05, 0) is 56.7 Å². The highest BCUT2D eigenvalue weighted by molar-refractivity contribution is 6.05. The van der Waals surface area contributed by atoms with E-state index >= 15 is 0 Å². The molecule has 7 heteroatoms. The number of nitrogens with zero attached hydrogens (tertiary/aromatic N) is 5. The fourth-order valence-electron chi connectivity index (χ4n) is 4.32. The van der Waals surface area contributed by atoms with Gasteiger partial charge in [0.1, 0.15) is 22.5 Å². The van der Waals surface area contributed by atoms with Crippen LogP contribution >= 0.6 is 0 Å². The number of benzene rings is 2. The van der Waals surface area contributed by atoms with E-state index in [1.165, 1.54) is 0 Å². The molecule has 0 aliphatic heterocycles. The Kier molecular flexibility index (Phi) is 5.54. The second-order valence-corrected chi connectivity index (χ2v) is 8.17. The zero-order valence-corrected chi connectivity index (χ0v) is 19.2. The SMILES string of the molecule is CCCCCn1c(C)nc2c(c1=O)c1nc3ccccc3nc1n2-c1ccc(OCC)cc1. The van der Waals surface area contributed by atoms with Crippen LogP contribution in [-0.2, 0) is 6.54 Å². The van der Waals surface area contributed by atoms with E-state index in [2.05, 4.69) is 6.92 Å². The third kappa shape index (κ3) is 3.63.